The van der Waals surface area contributed by atoms with Crippen LogP contribution in [0.4, 0.5) is 4.39 Å². The SMILES string of the molecule is C=CCN1C(=O)c2ccc(C(=O)NCCSCc3ccccc3F)cc2C1=O. The van der Waals surface area contributed by atoms with E-state index in [1.165, 1.54) is 42.1 Å². The van der Waals surface area contributed by atoms with Gasteiger partial charge in [0.2, 0.25) is 0 Å². The average Bonchev–Trinajstić information content (AvgIpc) is 2.93. The molecule has 0 atom stereocenters. The molecule has 28 heavy (non-hydrogen) atoms. The minimum atomic E-state index is -0.421. The zero-order valence-electron chi connectivity index (χ0n) is 15.1. The fourth-order valence-electron chi connectivity index (χ4n) is 2.86. The van der Waals surface area contributed by atoms with Crippen LogP contribution in [0.2, 0.25) is 0 Å². The van der Waals surface area contributed by atoms with Crippen LogP contribution in [-0.4, -0.2) is 41.5 Å². The Balaban J connectivity index is 1.53. The van der Waals surface area contributed by atoms with E-state index in [0.29, 0.717) is 34.7 Å². The summed E-state index contributed by atoms with van der Waals surface area (Å²) in [6.45, 7) is 4.08. The van der Waals surface area contributed by atoms with Gasteiger partial charge in [0.05, 0.1) is 11.1 Å². The molecule has 1 heterocycles. The Bertz CT molecular complexity index is 945. The summed E-state index contributed by atoms with van der Waals surface area (Å²) in [5, 5.41) is 2.77. The van der Waals surface area contributed by atoms with Crippen molar-refractivity contribution in [2.75, 3.05) is 18.8 Å². The smallest absolute Gasteiger partial charge is 0.261 e. The molecule has 0 fully saturated rings. The highest BCUT2D eigenvalue weighted by atomic mass is 32.2. The maximum absolute atomic E-state index is 13.5. The minimum Gasteiger partial charge on any atom is -0.351 e. The molecule has 3 amide bonds. The van der Waals surface area contributed by atoms with Gasteiger partial charge in [-0.15, -0.1) is 6.58 Å². The first-order chi connectivity index (χ1) is 13.5. The molecule has 7 heteroatoms. The molecule has 0 aromatic heterocycles. The van der Waals surface area contributed by atoms with Crippen molar-refractivity contribution in [3.05, 3.63) is 83.2 Å². The van der Waals surface area contributed by atoms with E-state index in [4.69, 9.17) is 0 Å². The van der Waals surface area contributed by atoms with Crippen LogP contribution in [0.3, 0.4) is 0 Å². The maximum Gasteiger partial charge on any atom is 0.261 e. The number of imide groups is 1. The fraction of sp³-hybridized carbons (Fsp3) is 0.190. The van der Waals surface area contributed by atoms with Gasteiger partial charge in [0.15, 0.2) is 0 Å². The van der Waals surface area contributed by atoms with Crippen LogP contribution in [0.15, 0.2) is 55.1 Å². The number of rotatable bonds is 8. The number of nitrogens with one attached hydrogen (secondary N) is 1. The Hall–Kier alpha value is -2.93. The van der Waals surface area contributed by atoms with Crippen LogP contribution in [0.1, 0.15) is 36.6 Å². The van der Waals surface area contributed by atoms with Gasteiger partial charge in [-0.25, -0.2) is 4.39 Å². The monoisotopic (exact) mass is 398 g/mol. The Labute approximate surface area is 166 Å². The van der Waals surface area contributed by atoms with Crippen molar-refractivity contribution >= 4 is 29.5 Å². The molecule has 1 N–H and O–H groups in total. The van der Waals surface area contributed by atoms with E-state index in [0.717, 1.165) is 4.90 Å². The lowest BCUT2D eigenvalue weighted by atomic mass is 10.1. The molecule has 0 unspecified atom stereocenters. The van der Waals surface area contributed by atoms with E-state index in [1.807, 2.05) is 0 Å². The number of halogens is 1. The first-order valence-corrected chi connectivity index (χ1v) is 9.89. The first kappa shape index (κ1) is 19.8. The third-order valence-corrected chi connectivity index (χ3v) is 5.30. The van der Waals surface area contributed by atoms with Gasteiger partial charge < -0.3 is 5.32 Å². The Morgan fingerprint density at radius 2 is 1.89 bits per heavy atom. The highest BCUT2D eigenvalue weighted by Crippen LogP contribution is 2.24. The average molecular weight is 398 g/mol. The number of thioether (sulfide) groups is 1. The molecule has 0 aliphatic carbocycles. The lowest BCUT2D eigenvalue weighted by Gasteiger charge is -2.09. The number of amides is 3. The topological polar surface area (TPSA) is 66.5 Å². The number of hydrogen-bond acceptors (Lipinski definition) is 4. The molecule has 2 aromatic rings. The molecule has 0 bridgehead atoms. The van der Waals surface area contributed by atoms with Gasteiger partial charge in [0, 0.05) is 30.2 Å². The second-order valence-corrected chi connectivity index (χ2v) is 7.28. The summed E-state index contributed by atoms with van der Waals surface area (Å²) >= 11 is 1.51. The van der Waals surface area contributed by atoms with Crippen LogP contribution >= 0.6 is 11.8 Å². The van der Waals surface area contributed by atoms with E-state index in [9.17, 15) is 18.8 Å². The van der Waals surface area contributed by atoms with Crippen LogP contribution in [0.5, 0.6) is 0 Å². The molecule has 1 aliphatic rings. The normalized spacial score (nSPS) is 12.8. The second kappa shape index (κ2) is 8.84. The molecular weight excluding hydrogens is 379 g/mol. The van der Waals surface area contributed by atoms with E-state index in [2.05, 4.69) is 11.9 Å². The van der Waals surface area contributed by atoms with Crippen molar-refractivity contribution in [2.45, 2.75) is 5.75 Å². The van der Waals surface area contributed by atoms with E-state index in [1.54, 1.807) is 18.2 Å². The quantitative estimate of drug-likeness (QED) is 0.421. The summed E-state index contributed by atoms with van der Waals surface area (Å²) < 4.78 is 13.5. The van der Waals surface area contributed by atoms with E-state index in [-0.39, 0.29) is 29.7 Å². The summed E-state index contributed by atoms with van der Waals surface area (Å²) in [6, 6.07) is 11.1. The Morgan fingerprint density at radius 1 is 1.14 bits per heavy atom. The molecule has 144 valence electrons. The minimum absolute atomic E-state index is 0.132. The number of carbonyl (C=O) groups is 3. The van der Waals surface area contributed by atoms with E-state index < -0.39 is 5.91 Å². The van der Waals surface area contributed by atoms with Crippen molar-refractivity contribution in [1.82, 2.24) is 10.2 Å². The van der Waals surface area contributed by atoms with Gasteiger partial charge in [-0.2, -0.15) is 11.8 Å². The molecule has 0 spiro atoms. The molecule has 0 radical (unpaired) electrons. The first-order valence-electron chi connectivity index (χ1n) is 8.73. The standard InChI is InChI=1S/C21H19FN2O3S/c1-2-10-24-20(26)16-8-7-14(12-17(16)21(24)27)19(25)23-9-11-28-13-15-5-3-4-6-18(15)22/h2-8,12H,1,9-11,13H2,(H,23,25). The van der Waals surface area contributed by atoms with Crippen molar-refractivity contribution in [3.63, 3.8) is 0 Å². The summed E-state index contributed by atoms with van der Waals surface area (Å²) in [5.41, 5.74) is 1.47. The zero-order chi connectivity index (χ0) is 20.1. The molecular formula is C21H19FN2O3S. The van der Waals surface area contributed by atoms with E-state index >= 15 is 0 Å². The Kier molecular flexibility index (Phi) is 6.26. The third-order valence-electron chi connectivity index (χ3n) is 4.29. The van der Waals surface area contributed by atoms with Gasteiger partial charge in [0.25, 0.3) is 17.7 Å². The van der Waals surface area contributed by atoms with Crippen LogP contribution in [0, 0.1) is 5.82 Å². The fourth-order valence-corrected chi connectivity index (χ4v) is 3.71. The third kappa shape index (κ3) is 4.14. The summed E-state index contributed by atoms with van der Waals surface area (Å²) in [5.74, 6) is -0.211. The summed E-state index contributed by atoms with van der Waals surface area (Å²) in [6.07, 6.45) is 1.48. The van der Waals surface area contributed by atoms with Crippen molar-refractivity contribution in [3.8, 4) is 0 Å². The van der Waals surface area contributed by atoms with Gasteiger partial charge in [0.1, 0.15) is 5.82 Å². The van der Waals surface area contributed by atoms with Crippen LogP contribution in [-0.2, 0) is 5.75 Å². The summed E-state index contributed by atoms with van der Waals surface area (Å²) in [4.78, 5) is 37.9. The number of nitrogens with zero attached hydrogens (tertiary/aromatic N) is 1. The zero-order valence-corrected chi connectivity index (χ0v) is 15.9. The van der Waals surface area contributed by atoms with Gasteiger partial charge in [-0.1, -0.05) is 24.3 Å². The lowest BCUT2D eigenvalue weighted by Crippen LogP contribution is -2.29. The number of hydrogen-bond donors (Lipinski definition) is 1. The molecule has 0 saturated carbocycles. The molecule has 5 nitrogen and oxygen atoms in total. The van der Waals surface area contributed by atoms with Gasteiger partial charge in [-0.05, 0) is 29.8 Å². The van der Waals surface area contributed by atoms with Crippen LogP contribution in [0.25, 0.3) is 0 Å². The lowest BCUT2D eigenvalue weighted by molar-refractivity contribution is 0.0672. The van der Waals surface area contributed by atoms with Crippen molar-refractivity contribution in [1.29, 1.82) is 0 Å². The molecule has 0 saturated heterocycles. The maximum atomic E-state index is 13.5. The number of fused-ring (bicyclic) bond motifs is 1. The largest absolute Gasteiger partial charge is 0.351 e. The molecule has 1 aliphatic heterocycles. The van der Waals surface area contributed by atoms with Crippen LogP contribution < -0.4 is 5.32 Å². The highest BCUT2D eigenvalue weighted by molar-refractivity contribution is 7.98. The molecule has 3 rings (SSSR count). The number of benzene rings is 2. The van der Waals surface area contributed by atoms with Crippen molar-refractivity contribution < 1.29 is 18.8 Å². The van der Waals surface area contributed by atoms with Gasteiger partial charge in [-0.3, -0.25) is 19.3 Å². The highest BCUT2D eigenvalue weighted by Gasteiger charge is 2.35. The predicted molar refractivity (Wildman–Crippen MR) is 107 cm³/mol. The van der Waals surface area contributed by atoms with Crippen molar-refractivity contribution in [2.24, 2.45) is 0 Å². The molecule has 2 aromatic carbocycles. The number of carbonyl (C=O) groups excluding carboxylic acids is 3. The summed E-state index contributed by atoms with van der Waals surface area (Å²) in [7, 11) is 0. The predicted octanol–water partition coefficient (Wildman–Crippen LogP) is 3.27. The Morgan fingerprint density at radius 3 is 2.64 bits per heavy atom. The van der Waals surface area contributed by atoms with Gasteiger partial charge >= 0.3 is 0 Å². The second-order valence-electron chi connectivity index (χ2n) is 6.17.